The Hall–Kier alpha value is -0.400. The molecule has 8 unspecified atom stereocenters. The SMILES string of the molecule is CC1CC=C(C2CCC3CC(C)C(F)C(C)C3C2F)CC1. The van der Waals surface area contributed by atoms with E-state index in [2.05, 4.69) is 13.0 Å². The van der Waals surface area contributed by atoms with E-state index in [0.29, 0.717) is 5.92 Å². The summed E-state index contributed by atoms with van der Waals surface area (Å²) in [5.41, 5.74) is 1.35. The van der Waals surface area contributed by atoms with E-state index >= 15 is 4.39 Å². The Morgan fingerprint density at radius 3 is 2.43 bits per heavy atom. The molecule has 0 nitrogen and oxygen atoms in total. The van der Waals surface area contributed by atoms with Crippen LogP contribution in [-0.4, -0.2) is 12.3 Å². The van der Waals surface area contributed by atoms with Gasteiger partial charge < -0.3 is 0 Å². The number of alkyl halides is 2. The Bertz CT molecular complexity index is 400. The Morgan fingerprint density at radius 2 is 1.76 bits per heavy atom. The minimum Gasteiger partial charge on any atom is -0.247 e. The molecule has 0 radical (unpaired) electrons. The van der Waals surface area contributed by atoms with Crippen LogP contribution in [-0.2, 0) is 0 Å². The lowest BCUT2D eigenvalue weighted by Crippen LogP contribution is -2.48. The summed E-state index contributed by atoms with van der Waals surface area (Å²) in [6, 6.07) is 0. The van der Waals surface area contributed by atoms with Crippen molar-refractivity contribution in [1.29, 1.82) is 0 Å². The zero-order valence-electron chi connectivity index (χ0n) is 13.7. The fourth-order valence-corrected chi connectivity index (χ4v) is 5.32. The highest BCUT2D eigenvalue weighted by molar-refractivity contribution is 5.15. The van der Waals surface area contributed by atoms with Crippen LogP contribution in [0.4, 0.5) is 8.78 Å². The van der Waals surface area contributed by atoms with Gasteiger partial charge in [-0.2, -0.15) is 0 Å². The molecular weight excluding hydrogens is 266 g/mol. The zero-order valence-corrected chi connectivity index (χ0v) is 13.7. The maximum atomic E-state index is 15.2. The maximum absolute atomic E-state index is 15.2. The van der Waals surface area contributed by atoms with Gasteiger partial charge in [-0.3, -0.25) is 0 Å². The van der Waals surface area contributed by atoms with Crippen molar-refractivity contribution in [3.05, 3.63) is 11.6 Å². The number of fused-ring (bicyclic) bond motifs is 1. The second-order valence-corrected chi connectivity index (χ2v) is 8.14. The normalized spacial score (nSPS) is 51.2. The first-order chi connectivity index (χ1) is 9.99. The molecule has 0 aliphatic heterocycles. The molecule has 0 aromatic rings. The summed E-state index contributed by atoms with van der Waals surface area (Å²) in [7, 11) is 0. The summed E-state index contributed by atoms with van der Waals surface area (Å²) >= 11 is 0. The molecule has 120 valence electrons. The van der Waals surface area contributed by atoms with Gasteiger partial charge in [-0.1, -0.05) is 32.4 Å². The van der Waals surface area contributed by atoms with E-state index in [0.717, 1.165) is 38.0 Å². The van der Waals surface area contributed by atoms with Crippen LogP contribution >= 0.6 is 0 Å². The highest BCUT2D eigenvalue weighted by Gasteiger charge is 2.49. The quantitative estimate of drug-likeness (QED) is 0.542. The van der Waals surface area contributed by atoms with E-state index in [1.54, 1.807) is 0 Å². The zero-order chi connectivity index (χ0) is 15.1. The third-order valence-corrected chi connectivity index (χ3v) is 6.66. The van der Waals surface area contributed by atoms with Gasteiger partial charge in [0.2, 0.25) is 0 Å². The molecule has 0 amide bonds. The molecule has 0 bridgehead atoms. The number of rotatable bonds is 1. The molecule has 0 saturated heterocycles. The highest BCUT2D eigenvalue weighted by Crippen LogP contribution is 2.51. The van der Waals surface area contributed by atoms with E-state index in [4.69, 9.17) is 0 Å². The first kappa shape index (κ1) is 15.5. The summed E-state index contributed by atoms with van der Waals surface area (Å²) in [6.07, 6.45) is 7.00. The summed E-state index contributed by atoms with van der Waals surface area (Å²) < 4.78 is 29.6. The van der Waals surface area contributed by atoms with Crippen molar-refractivity contribution in [3.63, 3.8) is 0 Å². The van der Waals surface area contributed by atoms with Crippen LogP contribution in [0.2, 0.25) is 0 Å². The third-order valence-electron chi connectivity index (χ3n) is 6.66. The third kappa shape index (κ3) is 2.80. The van der Waals surface area contributed by atoms with Crippen LogP contribution in [0.25, 0.3) is 0 Å². The van der Waals surface area contributed by atoms with Crippen LogP contribution in [0.5, 0.6) is 0 Å². The van der Waals surface area contributed by atoms with Gasteiger partial charge in [0.1, 0.15) is 12.3 Å². The molecule has 0 aromatic heterocycles. The highest BCUT2D eigenvalue weighted by atomic mass is 19.1. The average Bonchev–Trinajstić information content (AvgIpc) is 2.46. The molecular formula is C19H30F2. The maximum Gasteiger partial charge on any atom is 0.110 e. The Morgan fingerprint density at radius 1 is 1.00 bits per heavy atom. The van der Waals surface area contributed by atoms with Gasteiger partial charge in [0.05, 0.1) is 0 Å². The van der Waals surface area contributed by atoms with Crippen molar-refractivity contribution >= 4 is 0 Å². The van der Waals surface area contributed by atoms with E-state index < -0.39 is 12.3 Å². The van der Waals surface area contributed by atoms with Gasteiger partial charge in [-0.05, 0) is 68.1 Å². The van der Waals surface area contributed by atoms with Crippen molar-refractivity contribution in [2.75, 3.05) is 0 Å². The Balaban J connectivity index is 1.76. The second-order valence-electron chi connectivity index (χ2n) is 8.14. The van der Waals surface area contributed by atoms with Crippen LogP contribution in [0.3, 0.4) is 0 Å². The van der Waals surface area contributed by atoms with Crippen molar-refractivity contribution in [3.8, 4) is 0 Å². The molecule has 0 aromatic carbocycles. The van der Waals surface area contributed by atoms with Crippen LogP contribution in [0.1, 0.15) is 59.3 Å². The number of hydrogen-bond donors (Lipinski definition) is 0. The van der Waals surface area contributed by atoms with Crippen molar-refractivity contribution in [2.24, 2.45) is 35.5 Å². The van der Waals surface area contributed by atoms with Gasteiger partial charge in [0.25, 0.3) is 0 Å². The molecule has 2 heteroatoms. The summed E-state index contributed by atoms with van der Waals surface area (Å²) in [4.78, 5) is 0. The van der Waals surface area contributed by atoms with Crippen molar-refractivity contribution in [2.45, 2.75) is 71.6 Å². The van der Waals surface area contributed by atoms with Gasteiger partial charge in [-0.25, -0.2) is 8.78 Å². The fourth-order valence-electron chi connectivity index (χ4n) is 5.32. The van der Waals surface area contributed by atoms with Crippen LogP contribution < -0.4 is 0 Å². The fraction of sp³-hybridized carbons (Fsp3) is 0.895. The van der Waals surface area contributed by atoms with Crippen molar-refractivity contribution in [1.82, 2.24) is 0 Å². The molecule has 0 N–H and O–H groups in total. The minimum atomic E-state index is -0.816. The average molecular weight is 296 g/mol. The second kappa shape index (κ2) is 6.01. The number of hydrogen-bond acceptors (Lipinski definition) is 0. The molecule has 0 spiro atoms. The summed E-state index contributed by atoms with van der Waals surface area (Å²) in [5.74, 6) is 1.20. The lowest BCUT2D eigenvalue weighted by atomic mass is 9.58. The minimum absolute atomic E-state index is 0.0461. The van der Waals surface area contributed by atoms with Crippen LogP contribution in [0.15, 0.2) is 11.6 Å². The molecule has 2 saturated carbocycles. The summed E-state index contributed by atoms with van der Waals surface area (Å²) in [5, 5.41) is 0. The lowest BCUT2D eigenvalue weighted by Gasteiger charge is -2.49. The largest absolute Gasteiger partial charge is 0.247 e. The number of allylic oxidation sites excluding steroid dienone is 2. The van der Waals surface area contributed by atoms with Gasteiger partial charge >= 0.3 is 0 Å². The molecule has 3 rings (SSSR count). The Labute approximate surface area is 128 Å². The predicted octanol–water partition coefficient (Wildman–Crippen LogP) is 5.73. The van der Waals surface area contributed by atoms with E-state index in [1.807, 2.05) is 13.8 Å². The van der Waals surface area contributed by atoms with Gasteiger partial charge in [0, 0.05) is 5.92 Å². The standard InChI is InChI=1S/C19H30F2/c1-11-4-6-14(7-5-11)16-9-8-15-10-12(2)18(20)13(3)17(15)19(16)21/h6,11-13,15-19H,4-5,7-10H2,1-3H3. The molecule has 21 heavy (non-hydrogen) atoms. The van der Waals surface area contributed by atoms with Crippen molar-refractivity contribution < 1.29 is 8.78 Å². The monoisotopic (exact) mass is 296 g/mol. The molecule has 0 heterocycles. The molecule has 8 atom stereocenters. The molecule has 3 aliphatic rings. The lowest BCUT2D eigenvalue weighted by molar-refractivity contribution is -0.0542. The molecule has 2 fully saturated rings. The first-order valence-electron chi connectivity index (χ1n) is 8.96. The Kier molecular flexibility index (Phi) is 4.43. The topological polar surface area (TPSA) is 0 Å². The predicted molar refractivity (Wildman–Crippen MR) is 83.5 cm³/mol. The van der Waals surface area contributed by atoms with E-state index in [1.165, 1.54) is 12.0 Å². The molecule has 3 aliphatic carbocycles. The summed E-state index contributed by atoms with van der Waals surface area (Å²) in [6.45, 7) is 6.22. The number of halogens is 2. The van der Waals surface area contributed by atoms with E-state index in [9.17, 15) is 4.39 Å². The van der Waals surface area contributed by atoms with Crippen LogP contribution in [0, 0.1) is 35.5 Å². The van der Waals surface area contributed by atoms with Gasteiger partial charge in [-0.15, -0.1) is 0 Å². The smallest absolute Gasteiger partial charge is 0.110 e. The first-order valence-corrected chi connectivity index (χ1v) is 8.96. The van der Waals surface area contributed by atoms with Gasteiger partial charge in [0.15, 0.2) is 0 Å². The van der Waals surface area contributed by atoms with E-state index in [-0.39, 0.29) is 23.7 Å².